The molecule has 35 heavy (non-hydrogen) atoms. The van der Waals surface area contributed by atoms with Crippen LogP contribution in [0.2, 0.25) is 0 Å². The second-order valence-electron chi connectivity index (χ2n) is 8.97. The van der Waals surface area contributed by atoms with E-state index >= 15 is 0 Å². The van der Waals surface area contributed by atoms with E-state index in [1.165, 1.54) is 52.6 Å². The van der Waals surface area contributed by atoms with Crippen molar-refractivity contribution in [2.45, 2.75) is 103 Å². The minimum atomic E-state index is -0.769. The summed E-state index contributed by atoms with van der Waals surface area (Å²) in [5, 5.41) is 2.80. The summed E-state index contributed by atoms with van der Waals surface area (Å²) in [6, 6.07) is 5.27. The number of imide groups is 1. The molecular formula is C26H41N3O6. The number of methoxy groups -OCH3 is 1. The lowest BCUT2D eigenvalue weighted by Crippen LogP contribution is -2.42. The monoisotopic (exact) mass is 491 g/mol. The lowest BCUT2D eigenvalue weighted by molar-refractivity contribution is -0.129. The molecule has 0 spiro atoms. The number of nitrogens with one attached hydrogen (secondary N) is 1. The topological polar surface area (TPSA) is 107 Å². The number of hydrogen-bond donors (Lipinski definition) is 1. The molecule has 196 valence electrons. The van der Waals surface area contributed by atoms with Gasteiger partial charge in [0.05, 0.1) is 12.2 Å². The van der Waals surface area contributed by atoms with Gasteiger partial charge >= 0.3 is 12.2 Å². The molecule has 1 aliphatic rings. The maximum absolute atomic E-state index is 12.7. The third-order valence-electron chi connectivity index (χ3n) is 6.20. The molecule has 0 aromatic carbocycles. The van der Waals surface area contributed by atoms with Gasteiger partial charge in [0.15, 0.2) is 0 Å². The second-order valence-corrected chi connectivity index (χ2v) is 8.97. The molecule has 1 heterocycles. The number of carbonyl (C=O) groups excluding carboxylic acids is 3. The van der Waals surface area contributed by atoms with Crippen LogP contribution in [-0.2, 0) is 25.5 Å². The van der Waals surface area contributed by atoms with E-state index in [-0.39, 0.29) is 6.54 Å². The molecule has 0 aliphatic heterocycles. The fourth-order valence-electron chi connectivity index (χ4n) is 4.23. The van der Waals surface area contributed by atoms with E-state index in [1.807, 2.05) is 0 Å². The van der Waals surface area contributed by atoms with Crippen LogP contribution in [0.5, 0.6) is 0 Å². The van der Waals surface area contributed by atoms with Gasteiger partial charge in [-0.3, -0.25) is 9.78 Å². The van der Waals surface area contributed by atoms with Crippen molar-refractivity contribution in [2.75, 3.05) is 13.7 Å². The number of hydrogen-bond acceptors (Lipinski definition) is 7. The minimum absolute atomic E-state index is 0.0143. The number of alkyl carbamates (subject to hydrolysis) is 1. The lowest BCUT2D eigenvalue weighted by Gasteiger charge is -2.26. The van der Waals surface area contributed by atoms with E-state index < -0.39 is 36.4 Å². The highest BCUT2D eigenvalue weighted by atomic mass is 16.6. The van der Waals surface area contributed by atoms with E-state index in [9.17, 15) is 14.4 Å². The van der Waals surface area contributed by atoms with Crippen molar-refractivity contribution in [1.82, 2.24) is 15.2 Å². The first-order valence-corrected chi connectivity index (χ1v) is 12.8. The number of aromatic nitrogens is 1. The average Bonchev–Trinajstić information content (AvgIpc) is 3.22. The van der Waals surface area contributed by atoms with E-state index in [0.29, 0.717) is 25.1 Å². The normalized spacial score (nSPS) is 19.2. The second kappa shape index (κ2) is 16.1. The van der Waals surface area contributed by atoms with Crippen LogP contribution in [-0.4, -0.2) is 59.9 Å². The van der Waals surface area contributed by atoms with Gasteiger partial charge in [0.2, 0.25) is 5.91 Å². The van der Waals surface area contributed by atoms with Gasteiger partial charge in [0, 0.05) is 26.8 Å². The summed E-state index contributed by atoms with van der Waals surface area (Å²) in [4.78, 5) is 42.2. The van der Waals surface area contributed by atoms with Crippen LogP contribution in [0.3, 0.4) is 0 Å². The molecule has 1 aromatic rings. The van der Waals surface area contributed by atoms with Crippen molar-refractivity contribution in [1.29, 1.82) is 0 Å². The molecule has 0 saturated heterocycles. The number of nitrogens with zero attached hydrogens (tertiary/aromatic N) is 2. The molecule has 1 aromatic heterocycles. The van der Waals surface area contributed by atoms with Crippen molar-refractivity contribution in [2.24, 2.45) is 0 Å². The average molecular weight is 492 g/mol. The van der Waals surface area contributed by atoms with Crippen molar-refractivity contribution < 1.29 is 28.6 Å². The van der Waals surface area contributed by atoms with E-state index in [1.54, 1.807) is 24.4 Å². The molecule has 0 unspecified atom stereocenters. The van der Waals surface area contributed by atoms with Gasteiger partial charge in [-0.1, -0.05) is 57.9 Å². The summed E-state index contributed by atoms with van der Waals surface area (Å²) < 4.78 is 16.6. The van der Waals surface area contributed by atoms with Crippen LogP contribution in [0.15, 0.2) is 24.4 Å². The predicted molar refractivity (Wildman–Crippen MR) is 132 cm³/mol. The van der Waals surface area contributed by atoms with Crippen LogP contribution < -0.4 is 5.32 Å². The van der Waals surface area contributed by atoms with Crippen LogP contribution in [0.25, 0.3) is 0 Å². The number of carbonyl (C=O) groups is 3. The first kappa shape index (κ1) is 28.6. The Hall–Kier alpha value is -2.68. The Morgan fingerprint density at radius 1 is 1.00 bits per heavy atom. The maximum atomic E-state index is 12.7. The quantitative estimate of drug-likeness (QED) is 0.366. The zero-order valence-electron chi connectivity index (χ0n) is 21.4. The molecule has 3 amide bonds. The predicted octanol–water partition coefficient (Wildman–Crippen LogP) is 4.98. The molecule has 1 fully saturated rings. The smallest absolute Gasteiger partial charge is 0.417 e. The Morgan fingerprint density at radius 3 is 2.26 bits per heavy atom. The number of pyridine rings is 1. The summed E-state index contributed by atoms with van der Waals surface area (Å²) in [7, 11) is 1.49. The number of rotatable bonds is 14. The summed E-state index contributed by atoms with van der Waals surface area (Å²) in [5.41, 5.74) is 0.573. The SMILES string of the molecule is CCCCCCCCCCNC(=O)O[C@H]1CC[C@@H](OC(=O)N(Cc2ccccn2)C(C)=O)[C@H]1OC. The highest BCUT2D eigenvalue weighted by Gasteiger charge is 2.42. The molecule has 1 saturated carbocycles. The molecule has 1 aliphatic carbocycles. The fourth-order valence-corrected chi connectivity index (χ4v) is 4.23. The summed E-state index contributed by atoms with van der Waals surface area (Å²) in [5.74, 6) is -0.444. The minimum Gasteiger partial charge on any atom is -0.443 e. The van der Waals surface area contributed by atoms with Crippen LogP contribution in [0.4, 0.5) is 9.59 Å². The number of amides is 3. The number of ether oxygens (including phenoxy) is 3. The van der Waals surface area contributed by atoms with Gasteiger partial charge in [0.1, 0.15) is 18.3 Å². The Morgan fingerprint density at radius 2 is 1.66 bits per heavy atom. The third-order valence-corrected chi connectivity index (χ3v) is 6.20. The van der Waals surface area contributed by atoms with Crippen molar-refractivity contribution in [3.63, 3.8) is 0 Å². The van der Waals surface area contributed by atoms with Crippen LogP contribution >= 0.6 is 0 Å². The molecule has 0 radical (unpaired) electrons. The van der Waals surface area contributed by atoms with Gasteiger partial charge in [-0.2, -0.15) is 0 Å². The largest absolute Gasteiger partial charge is 0.443 e. The Labute approximate surface area is 208 Å². The van der Waals surface area contributed by atoms with Gasteiger partial charge in [-0.25, -0.2) is 14.5 Å². The molecule has 9 nitrogen and oxygen atoms in total. The zero-order valence-corrected chi connectivity index (χ0v) is 21.4. The zero-order chi connectivity index (χ0) is 25.5. The fraction of sp³-hybridized carbons (Fsp3) is 0.692. The molecular weight excluding hydrogens is 450 g/mol. The summed E-state index contributed by atoms with van der Waals surface area (Å²) in [6.07, 6.45) is 9.11. The summed E-state index contributed by atoms with van der Waals surface area (Å²) >= 11 is 0. The van der Waals surface area contributed by atoms with Crippen molar-refractivity contribution in [3.05, 3.63) is 30.1 Å². The van der Waals surface area contributed by atoms with Crippen molar-refractivity contribution >= 4 is 18.1 Å². The van der Waals surface area contributed by atoms with E-state index in [4.69, 9.17) is 14.2 Å². The van der Waals surface area contributed by atoms with Gasteiger partial charge in [-0.05, 0) is 31.4 Å². The highest BCUT2D eigenvalue weighted by Crippen LogP contribution is 2.28. The molecule has 3 atom stereocenters. The van der Waals surface area contributed by atoms with Gasteiger partial charge in [0.25, 0.3) is 0 Å². The van der Waals surface area contributed by atoms with E-state index in [2.05, 4.69) is 17.2 Å². The van der Waals surface area contributed by atoms with Crippen LogP contribution in [0, 0.1) is 0 Å². The Bertz CT molecular complexity index is 776. The first-order valence-electron chi connectivity index (χ1n) is 12.8. The van der Waals surface area contributed by atoms with Crippen molar-refractivity contribution in [3.8, 4) is 0 Å². The maximum Gasteiger partial charge on any atom is 0.417 e. The number of unbranched alkanes of at least 4 members (excludes halogenated alkanes) is 7. The third kappa shape index (κ3) is 10.2. The summed E-state index contributed by atoms with van der Waals surface area (Å²) in [6.45, 7) is 4.10. The molecule has 9 heteroatoms. The lowest BCUT2D eigenvalue weighted by atomic mass is 10.1. The highest BCUT2D eigenvalue weighted by molar-refractivity contribution is 5.90. The van der Waals surface area contributed by atoms with Crippen LogP contribution in [0.1, 0.15) is 83.7 Å². The Balaban J connectivity index is 1.73. The van der Waals surface area contributed by atoms with Gasteiger partial charge in [-0.15, -0.1) is 0 Å². The molecule has 2 rings (SSSR count). The molecule has 1 N–H and O–H groups in total. The van der Waals surface area contributed by atoms with Gasteiger partial charge < -0.3 is 19.5 Å². The standard InChI is InChI=1S/C26H41N3O6/c1-4-5-6-7-8-9-10-12-18-28-25(31)34-22-15-16-23(24(22)33-3)35-26(32)29(20(2)30)19-21-14-11-13-17-27-21/h11,13-14,17,22-24H,4-10,12,15-16,18-19H2,1-3H3,(H,28,31)/t22-,23+,24-/m0/s1. The first-order chi connectivity index (χ1) is 17.0. The molecule has 0 bridgehead atoms. The Kier molecular flexibility index (Phi) is 13.1. The van der Waals surface area contributed by atoms with E-state index in [0.717, 1.165) is 17.7 Å².